The first-order valence-electron chi connectivity index (χ1n) is 6.20. The van der Waals surface area contributed by atoms with Crippen LogP contribution >= 0.6 is 24.2 Å². The fourth-order valence-electron chi connectivity index (χ4n) is 1.41. The van der Waals surface area contributed by atoms with Gasteiger partial charge >= 0.3 is 6.09 Å². The summed E-state index contributed by atoms with van der Waals surface area (Å²) in [7, 11) is 1.62. The lowest BCUT2D eigenvalue weighted by atomic mass is 10.2. The molecule has 106 valence electrons. The van der Waals surface area contributed by atoms with Gasteiger partial charge in [-0.1, -0.05) is 19.1 Å². The van der Waals surface area contributed by atoms with Crippen LogP contribution < -0.4 is 4.74 Å². The second kappa shape index (κ2) is 6.53. The van der Waals surface area contributed by atoms with Gasteiger partial charge in [0, 0.05) is 7.05 Å². The first-order valence-corrected chi connectivity index (χ1v) is 7.08. The quantitative estimate of drug-likeness (QED) is 0.518. The van der Waals surface area contributed by atoms with Gasteiger partial charge in [0.25, 0.3) is 0 Å². The second-order valence-electron chi connectivity index (χ2n) is 4.63. The Morgan fingerprint density at radius 2 is 2.00 bits per heavy atom. The number of thiol groups is 1. The van der Waals surface area contributed by atoms with Crippen molar-refractivity contribution < 1.29 is 9.53 Å². The van der Waals surface area contributed by atoms with Crippen LogP contribution in [0.1, 0.15) is 26.3 Å². The molecule has 5 heteroatoms. The van der Waals surface area contributed by atoms with Crippen molar-refractivity contribution in [2.45, 2.75) is 37.4 Å². The first-order chi connectivity index (χ1) is 8.78. The number of hydrogen-bond donors (Lipinski definition) is 1. The van der Waals surface area contributed by atoms with Crippen molar-refractivity contribution in [2.24, 2.45) is 0 Å². The Bertz CT molecular complexity index is 432. The minimum absolute atomic E-state index is 0.309. The average molecular weight is 302 g/mol. The van der Waals surface area contributed by atoms with Crippen LogP contribution in [0.2, 0.25) is 0 Å². The molecule has 0 aliphatic carbocycles. The molecule has 0 fully saturated rings. The van der Waals surface area contributed by atoms with Crippen molar-refractivity contribution in [3.8, 4) is 5.75 Å². The highest BCUT2D eigenvalue weighted by molar-refractivity contribution is 7.81. The summed E-state index contributed by atoms with van der Waals surface area (Å²) in [5, 5.41) is -0.309. The summed E-state index contributed by atoms with van der Waals surface area (Å²) >= 11 is 10.4. The van der Waals surface area contributed by atoms with Crippen LogP contribution in [0.3, 0.4) is 0 Å². The molecule has 0 radical (unpaired) electrons. The molecule has 0 aliphatic rings. The van der Waals surface area contributed by atoms with Crippen LogP contribution in [-0.4, -0.2) is 28.3 Å². The smallest absolute Gasteiger partial charge is 0.410 e. The molecule has 0 saturated heterocycles. The molecule has 0 N–H and O–H groups in total. The maximum atomic E-state index is 12.0. The lowest BCUT2D eigenvalue weighted by molar-refractivity contribution is 0.141. The maximum absolute atomic E-state index is 12.0. The third kappa shape index (κ3) is 4.05. The number of carbonyl (C=O) groups excluding carboxylic acids is 1. The van der Waals surface area contributed by atoms with Crippen molar-refractivity contribution in [3.63, 3.8) is 0 Å². The van der Waals surface area contributed by atoms with Gasteiger partial charge in [0.05, 0.1) is 5.38 Å². The number of hydrogen-bond acceptors (Lipinski definition) is 3. The summed E-state index contributed by atoms with van der Waals surface area (Å²) in [5.74, 6) is 0.514. The Hall–Kier alpha value is -0.870. The van der Waals surface area contributed by atoms with Crippen LogP contribution in [0.25, 0.3) is 0 Å². The maximum Gasteiger partial charge on any atom is 0.416 e. The zero-order valence-corrected chi connectivity index (χ0v) is 13.3. The van der Waals surface area contributed by atoms with E-state index in [0.717, 1.165) is 6.42 Å². The average Bonchev–Trinajstić information content (AvgIpc) is 2.38. The summed E-state index contributed by atoms with van der Waals surface area (Å²) in [6.07, 6.45) is 0.473. The second-order valence-corrected chi connectivity index (χ2v) is 6.19. The van der Waals surface area contributed by atoms with Crippen molar-refractivity contribution >= 4 is 30.3 Å². The van der Waals surface area contributed by atoms with Gasteiger partial charge in [-0.05, 0) is 38.0 Å². The first kappa shape index (κ1) is 16.2. The van der Waals surface area contributed by atoms with Gasteiger partial charge in [0.2, 0.25) is 0 Å². The van der Waals surface area contributed by atoms with E-state index in [1.54, 1.807) is 33.0 Å². The molecule has 0 saturated carbocycles. The Morgan fingerprint density at radius 3 is 2.42 bits per heavy atom. The van der Waals surface area contributed by atoms with Crippen LogP contribution in [0.5, 0.6) is 5.75 Å². The normalized spacial score (nSPS) is 15.5. The summed E-state index contributed by atoms with van der Waals surface area (Å²) in [6.45, 7) is 5.63. The molecule has 0 aliphatic heterocycles. The van der Waals surface area contributed by atoms with Gasteiger partial charge in [-0.25, -0.2) is 4.79 Å². The zero-order valence-electron chi connectivity index (χ0n) is 11.7. The number of halogens is 1. The number of carbonyl (C=O) groups is 1. The molecule has 0 aromatic heterocycles. The third-order valence-electron chi connectivity index (χ3n) is 3.24. The molecule has 19 heavy (non-hydrogen) atoms. The number of amides is 1. The van der Waals surface area contributed by atoms with E-state index in [9.17, 15) is 4.79 Å². The monoisotopic (exact) mass is 301 g/mol. The van der Waals surface area contributed by atoms with Gasteiger partial charge in [-0.2, -0.15) is 0 Å². The molecule has 1 amide bonds. The van der Waals surface area contributed by atoms with E-state index < -0.39 is 11.0 Å². The zero-order chi connectivity index (χ0) is 14.6. The highest BCUT2D eigenvalue weighted by Gasteiger charge is 2.34. The number of nitrogens with zero attached hydrogens (tertiary/aromatic N) is 1. The summed E-state index contributed by atoms with van der Waals surface area (Å²) < 4.78 is 5.29. The van der Waals surface area contributed by atoms with Crippen LogP contribution in [-0.2, 0) is 6.42 Å². The Morgan fingerprint density at radius 1 is 1.47 bits per heavy atom. The molecular formula is C14H20ClNO2S. The van der Waals surface area contributed by atoms with E-state index in [1.165, 1.54) is 10.5 Å². The summed E-state index contributed by atoms with van der Waals surface area (Å²) in [5.41, 5.74) is 1.20. The molecule has 3 nitrogen and oxygen atoms in total. The van der Waals surface area contributed by atoms with Crippen LogP contribution in [0.4, 0.5) is 4.79 Å². The molecule has 2 unspecified atom stereocenters. The van der Waals surface area contributed by atoms with Gasteiger partial charge < -0.3 is 4.74 Å². The highest BCUT2D eigenvalue weighted by atomic mass is 35.5. The van der Waals surface area contributed by atoms with E-state index in [4.69, 9.17) is 16.3 Å². The Kier molecular flexibility index (Phi) is 5.56. The Balaban J connectivity index is 2.73. The van der Waals surface area contributed by atoms with Gasteiger partial charge in [0.1, 0.15) is 10.6 Å². The van der Waals surface area contributed by atoms with Crippen molar-refractivity contribution in [2.75, 3.05) is 7.05 Å². The number of rotatable bonds is 4. The third-order valence-corrected chi connectivity index (χ3v) is 4.51. The largest absolute Gasteiger partial charge is 0.416 e. The van der Waals surface area contributed by atoms with Crippen LogP contribution in [0, 0.1) is 0 Å². The minimum Gasteiger partial charge on any atom is -0.410 e. The number of aryl methyl sites for hydroxylation is 1. The van der Waals surface area contributed by atoms with Crippen molar-refractivity contribution in [1.82, 2.24) is 4.90 Å². The van der Waals surface area contributed by atoms with Crippen molar-refractivity contribution in [1.29, 1.82) is 0 Å². The SMILES string of the molecule is CCc1ccc(OC(=O)N(C)C(C)(S)C(C)Cl)cc1. The highest BCUT2D eigenvalue weighted by Crippen LogP contribution is 2.27. The topological polar surface area (TPSA) is 29.5 Å². The molecular weight excluding hydrogens is 282 g/mol. The van der Waals surface area contributed by atoms with E-state index in [0.29, 0.717) is 5.75 Å². The standard InChI is InChI=1S/C14H20ClNO2S/c1-5-11-6-8-12(9-7-11)18-13(17)16(4)14(3,19)10(2)15/h6-10,19H,5H2,1-4H3. The molecule has 0 spiro atoms. The lowest BCUT2D eigenvalue weighted by Gasteiger charge is -2.35. The van der Waals surface area contributed by atoms with E-state index >= 15 is 0 Å². The minimum atomic E-state index is -0.776. The molecule has 1 aromatic carbocycles. The number of alkyl halides is 1. The Labute approximate surface area is 125 Å². The predicted molar refractivity (Wildman–Crippen MR) is 82.3 cm³/mol. The predicted octanol–water partition coefficient (Wildman–Crippen LogP) is 3.95. The molecule has 0 bridgehead atoms. The molecule has 2 atom stereocenters. The van der Waals surface area contributed by atoms with E-state index in [-0.39, 0.29) is 5.38 Å². The van der Waals surface area contributed by atoms with Gasteiger partial charge in [0.15, 0.2) is 0 Å². The van der Waals surface area contributed by atoms with E-state index in [2.05, 4.69) is 19.6 Å². The fraction of sp³-hybridized carbons (Fsp3) is 0.500. The fourth-order valence-corrected chi connectivity index (χ4v) is 1.64. The molecule has 1 aromatic rings. The van der Waals surface area contributed by atoms with Crippen molar-refractivity contribution in [3.05, 3.63) is 29.8 Å². The lowest BCUT2D eigenvalue weighted by Crippen LogP contribution is -2.49. The molecule has 1 rings (SSSR count). The van der Waals surface area contributed by atoms with E-state index in [1.807, 2.05) is 12.1 Å². The molecule has 0 heterocycles. The van der Waals surface area contributed by atoms with Gasteiger partial charge in [-0.15, -0.1) is 24.2 Å². The summed E-state index contributed by atoms with van der Waals surface area (Å²) in [4.78, 5) is 12.6. The van der Waals surface area contributed by atoms with Gasteiger partial charge in [-0.3, -0.25) is 4.90 Å². The van der Waals surface area contributed by atoms with Crippen LogP contribution in [0.15, 0.2) is 24.3 Å². The number of benzene rings is 1. The number of ether oxygens (including phenoxy) is 1. The summed E-state index contributed by atoms with van der Waals surface area (Å²) in [6, 6.07) is 7.44.